The second kappa shape index (κ2) is 10.0. The molecule has 2 radical (unpaired) electrons. The van der Waals surface area contributed by atoms with Crippen molar-refractivity contribution in [3.63, 3.8) is 0 Å². The van der Waals surface area contributed by atoms with Crippen molar-refractivity contribution in [1.82, 2.24) is 0 Å². The maximum absolute atomic E-state index is 11.7. The van der Waals surface area contributed by atoms with Gasteiger partial charge in [-0.25, -0.2) is 0 Å². The van der Waals surface area contributed by atoms with E-state index < -0.39 is 21.1 Å². The number of para-hydroxylation sites is 2. The summed E-state index contributed by atoms with van der Waals surface area (Å²) < 4.78 is 12.2. The molecule has 0 aliphatic heterocycles. The monoisotopic (exact) mass is 418 g/mol. The number of benzene rings is 2. The first-order valence-electron chi connectivity index (χ1n) is 7.46. The van der Waals surface area contributed by atoms with Crippen LogP contribution < -0.4 is 9.47 Å². The van der Waals surface area contributed by atoms with Crippen molar-refractivity contribution in [2.75, 3.05) is 0 Å². The number of hydrogen-bond acceptors (Lipinski definition) is 4. The predicted molar refractivity (Wildman–Crippen MR) is 88.8 cm³/mol. The van der Waals surface area contributed by atoms with E-state index >= 15 is 0 Å². The number of carbonyl (C=O) groups is 2. The third-order valence-electron chi connectivity index (χ3n) is 2.96. The van der Waals surface area contributed by atoms with Gasteiger partial charge in [-0.1, -0.05) is 0 Å². The first-order chi connectivity index (χ1) is 11.2. The molecule has 0 amide bonds. The Morgan fingerprint density at radius 2 is 1.09 bits per heavy atom. The third-order valence-corrected chi connectivity index (χ3v) is 6.41. The fourth-order valence-electron chi connectivity index (χ4n) is 1.85. The minimum atomic E-state index is -0.732. The molecule has 0 aliphatic carbocycles. The molecule has 4 nitrogen and oxygen atoms in total. The van der Waals surface area contributed by atoms with Crippen LogP contribution in [0.2, 0.25) is 8.87 Å². The van der Waals surface area contributed by atoms with Crippen LogP contribution in [0.25, 0.3) is 0 Å². The average Bonchev–Trinajstić information content (AvgIpc) is 2.56. The molecule has 0 bridgehead atoms. The normalized spacial score (nSPS) is 10.1. The Morgan fingerprint density at radius 3 is 1.48 bits per heavy atom. The zero-order valence-electron chi connectivity index (χ0n) is 12.7. The van der Waals surface area contributed by atoms with Crippen LogP contribution in [-0.4, -0.2) is 33.1 Å². The van der Waals surface area contributed by atoms with E-state index in [2.05, 4.69) is 0 Å². The molecular weight excluding hydrogens is 399 g/mol. The van der Waals surface area contributed by atoms with E-state index in [9.17, 15) is 9.59 Å². The van der Waals surface area contributed by atoms with E-state index in [1.54, 1.807) is 24.3 Å². The van der Waals surface area contributed by atoms with Crippen molar-refractivity contribution in [2.24, 2.45) is 0 Å². The van der Waals surface area contributed by atoms with Gasteiger partial charge in [0, 0.05) is 0 Å². The van der Waals surface area contributed by atoms with Gasteiger partial charge in [0.2, 0.25) is 0 Å². The Labute approximate surface area is 146 Å². The molecule has 0 heterocycles. The van der Waals surface area contributed by atoms with Crippen LogP contribution in [0, 0.1) is 0 Å². The van der Waals surface area contributed by atoms with Crippen LogP contribution in [0.3, 0.4) is 0 Å². The van der Waals surface area contributed by atoms with Crippen LogP contribution in [0.1, 0.15) is 12.8 Å². The van der Waals surface area contributed by atoms with Crippen LogP contribution in [0.4, 0.5) is 0 Å². The summed E-state index contributed by atoms with van der Waals surface area (Å²) in [6, 6.07) is 18.1. The topological polar surface area (TPSA) is 52.6 Å². The van der Waals surface area contributed by atoms with Gasteiger partial charge in [-0.15, -0.1) is 0 Å². The Bertz CT molecular complexity index is 558. The SMILES string of the molecule is O=C(C[CH2][Sn][CH2]CC(=O)Oc1ccccc1)Oc1ccccc1. The first-order valence-corrected chi connectivity index (χ1v) is 11.5. The van der Waals surface area contributed by atoms with Crippen LogP contribution in [0.15, 0.2) is 60.7 Å². The molecule has 23 heavy (non-hydrogen) atoms. The standard InChI is InChI=1S/2C9H9O2.Sn/c2*1-2-9(10)11-8-6-4-3-5-7-8;/h2*3-7H,1-2H2;. The Kier molecular flexibility index (Phi) is 7.66. The van der Waals surface area contributed by atoms with E-state index in [1.807, 2.05) is 36.4 Å². The number of hydrogen-bond donors (Lipinski definition) is 0. The molecule has 0 aliphatic rings. The van der Waals surface area contributed by atoms with Gasteiger partial charge in [0.05, 0.1) is 0 Å². The summed E-state index contributed by atoms with van der Waals surface area (Å²) in [7, 11) is 0. The molecule has 0 fully saturated rings. The summed E-state index contributed by atoms with van der Waals surface area (Å²) in [5.74, 6) is 0.747. The molecule has 0 saturated heterocycles. The molecule has 0 aromatic heterocycles. The number of carbonyl (C=O) groups excluding carboxylic acids is 2. The zero-order valence-corrected chi connectivity index (χ0v) is 15.6. The molecule has 118 valence electrons. The Morgan fingerprint density at radius 1 is 0.696 bits per heavy atom. The minimum absolute atomic E-state index is 0.205. The van der Waals surface area contributed by atoms with Crippen molar-refractivity contribution < 1.29 is 19.1 Å². The van der Waals surface area contributed by atoms with Crippen LogP contribution in [-0.2, 0) is 9.59 Å². The van der Waals surface area contributed by atoms with E-state index in [0.717, 1.165) is 8.87 Å². The second-order valence-electron chi connectivity index (χ2n) is 4.82. The number of esters is 2. The molecule has 2 aromatic carbocycles. The Hall–Kier alpha value is -1.82. The van der Waals surface area contributed by atoms with Gasteiger partial charge in [-0.2, -0.15) is 0 Å². The van der Waals surface area contributed by atoms with Gasteiger partial charge >= 0.3 is 146 Å². The molecule has 5 heteroatoms. The molecular formula is C18H18O4Sn. The van der Waals surface area contributed by atoms with Gasteiger partial charge in [-0.05, 0) is 0 Å². The summed E-state index contributed by atoms with van der Waals surface area (Å²) in [4.78, 5) is 23.3. The van der Waals surface area contributed by atoms with Crippen LogP contribution >= 0.6 is 0 Å². The van der Waals surface area contributed by atoms with E-state index in [-0.39, 0.29) is 11.9 Å². The van der Waals surface area contributed by atoms with Crippen molar-refractivity contribution in [3.8, 4) is 11.5 Å². The second-order valence-corrected chi connectivity index (χ2v) is 9.11. The summed E-state index contributed by atoms with van der Waals surface area (Å²) in [6.45, 7) is 0. The number of ether oxygens (including phenoxy) is 2. The summed E-state index contributed by atoms with van der Waals surface area (Å²) in [6.07, 6.45) is 0.851. The Balaban J connectivity index is 1.55. The van der Waals surface area contributed by atoms with Crippen LogP contribution in [0.5, 0.6) is 11.5 Å². The fourth-order valence-corrected chi connectivity index (χ4v) is 4.74. The van der Waals surface area contributed by atoms with Gasteiger partial charge in [0.1, 0.15) is 0 Å². The summed E-state index contributed by atoms with van der Waals surface area (Å²) >= 11 is -0.732. The van der Waals surface area contributed by atoms with Crippen molar-refractivity contribution in [3.05, 3.63) is 60.7 Å². The molecule has 0 atom stereocenters. The van der Waals surface area contributed by atoms with E-state index in [4.69, 9.17) is 9.47 Å². The number of rotatable bonds is 8. The van der Waals surface area contributed by atoms with E-state index in [1.165, 1.54) is 0 Å². The average molecular weight is 417 g/mol. The van der Waals surface area contributed by atoms with Gasteiger partial charge in [0.15, 0.2) is 0 Å². The van der Waals surface area contributed by atoms with Crippen molar-refractivity contribution in [1.29, 1.82) is 0 Å². The molecule has 0 N–H and O–H groups in total. The molecule has 0 unspecified atom stereocenters. The fraction of sp³-hybridized carbons (Fsp3) is 0.222. The third kappa shape index (κ3) is 7.32. The first kappa shape index (κ1) is 17.5. The maximum atomic E-state index is 11.7. The molecule has 2 rings (SSSR count). The zero-order chi connectivity index (χ0) is 16.3. The van der Waals surface area contributed by atoms with Crippen molar-refractivity contribution >= 4 is 33.1 Å². The molecule has 0 saturated carbocycles. The molecule has 0 spiro atoms. The van der Waals surface area contributed by atoms with Gasteiger partial charge in [-0.3, -0.25) is 0 Å². The molecule has 2 aromatic rings. The quantitative estimate of drug-likeness (QED) is 0.286. The summed E-state index contributed by atoms with van der Waals surface area (Å²) in [5.41, 5.74) is 0. The van der Waals surface area contributed by atoms with Gasteiger partial charge in [0.25, 0.3) is 0 Å². The van der Waals surface area contributed by atoms with E-state index in [0.29, 0.717) is 24.3 Å². The van der Waals surface area contributed by atoms with Crippen molar-refractivity contribution in [2.45, 2.75) is 21.7 Å². The predicted octanol–water partition coefficient (Wildman–Crippen LogP) is 3.52. The summed E-state index contributed by atoms with van der Waals surface area (Å²) in [5, 5.41) is 0. The van der Waals surface area contributed by atoms with Gasteiger partial charge < -0.3 is 0 Å².